The lowest BCUT2D eigenvalue weighted by Gasteiger charge is -2.21. The minimum absolute atomic E-state index is 0.165. The Hall–Kier alpha value is -3.82. The zero-order valence-corrected chi connectivity index (χ0v) is 20.3. The molecule has 0 aliphatic heterocycles. The van der Waals surface area contributed by atoms with Gasteiger partial charge in [0.25, 0.3) is 5.56 Å². The van der Waals surface area contributed by atoms with Crippen molar-refractivity contribution in [3.05, 3.63) is 82.4 Å². The zero-order chi connectivity index (χ0) is 25.3. The van der Waals surface area contributed by atoms with Gasteiger partial charge >= 0.3 is 0 Å². The number of hydrogen-bond donors (Lipinski definition) is 3. The van der Waals surface area contributed by atoms with Crippen LogP contribution in [0.1, 0.15) is 43.0 Å². The second-order valence-corrected chi connectivity index (χ2v) is 9.13. The average Bonchev–Trinajstić information content (AvgIpc) is 3.37. The van der Waals surface area contributed by atoms with E-state index >= 15 is 0 Å². The standard InChI is InChI=1S/C27H30N6O3/c1-3-15-32-25(35)21-17-28-26(29-20-10-7-18(8-11-20)6-5-16-34)31-24(21)33(32)22-12-9-19-13-14-27(36,4-2)23(19)30-22/h3,7-12,17,34,36H,1,4-6,13-16H2,2H3,(H,28,29,31)/t27-/m1/s1. The Labute approximate surface area is 208 Å². The number of hydrogen-bond acceptors (Lipinski definition) is 7. The first-order chi connectivity index (χ1) is 17.5. The summed E-state index contributed by atoms with van der Waals surface area (Å²) in [6, 6.07) is 11.7. The molecule has 0 saturated carbocycles. The number of benzene rings is 1. The highest BCUT2D eigenvalue weighted by molar-refractivity contribution is 5.77. The third-order valence-electron chi connectivity index (χ3n) is 6.83. The molecule has 4 aromatic rings. The number of aliphatic hydroxyl groups excluding tert-OH is 1. The highest BCUT2D eigenvalue weighted by Gasteiger charge is 2.37. The topological polar surface area (TPSA) is 118 Å². The first kappa shape index (κ1) is 23.9. The number of anilines is 2. The molecule has 0 radical (unpaired) electrons. The summed E-state index contributed by atoms with van der Waals surface area (Å²) in [5.41, 5.74) is 2.85. The van der Waals surface area contributed by atoms with Crippen molar-refractivity contribution >= 4 is 22.7 Å². The van der Waals surface area contributed by atoms with Crippen molar-refractivity contribution in [3.63, 3.8) is 0 Å². The molecule has 0 amide bonds. The van der Waals surface area contributed by atoms with Gasteiger partial charge in [-0.3, -0.25) is 4.79 Å². The molecule has 3 heterocycles. The van der Waals surface area contributed by atoms with Crippen molar-refractivity contribution in [1.82, 2.24) is 24.3 Å². The number of nitrogens with zero attached hydrogens (tertiary/aromatic N) is 5. The molecule has 0 spiro atoms. The molecule has 9 heteroatoms. The Morgan fingerprint density at radius 3 is 2.72 bits per heavy atom. The Morgan fingerprint density at radius 1 is 1.19 bits per heavy atom. The zero-order valence-electron chi connectivity index (χ0n) is 20.3. The van der Waals surface area contributed by atoms with Gasteiger partial charge in [-0.25, -0.2) is 19.3 Å². The lowest BCUT2D eigenvalue weighted by atomic mass is 9.98. The average molecular weight is 487 g/mol. The summed E-state index contributed by atoms with van der Waals surface area (Å²) in [7, 11) is 0. The third-order valence-corrected chi connectivity index (χ3v) is 6.83. The van der Waals surface area contributed by atoms with Crippen molar-refractivity contribution in [2.24, 2.45) is 0 Å². The molecule has 0 fully saturated rings. The summed E-state index contributed by atoms with van der Waals surface area (Å²) >= 11 is 0. The van der Waals surface area contributed by atoms with Crippen LogP contribution in [0.5, 0.6) is 0 Å². The monoisotopic (exact) mass is 486 g/mol. The molecule has 1 atom stereocenters. The summed E-state index contributed by atoms with van der Waals surface area (Å²) in [5.74, 6) is 0.857. The van der Waals surface area contributed by atoms with Crippen LogP contribution in [-0.4, -0.2) is 41.1 Å². The molecular weight excluding hydrogens is 456 g/mol. The highest BCUT2D eigenvalue weighted by atomic mass is 16.3. The van der Waals surface area contributed by atoms with E-state index < -0.39 is 5.60 Å². The van der Waals surface area contributed by atoms with E-state index in [0.29, 0.717) is 41.3 Å². The van der Waals surface area contributed by atoms with Crippen LogP contribution < -0.4 is 10.9 Å². The van der Waals surface area contributed by atoms with Crippen LogP contribution in [0.4, 0.5) is 11.6 Å². The van der Waals surface area contributed by atoms with Gasteiger partial charge in [-0.2, -0.15) is 4.98 Å². The molecule has 1 aliphatic rings. The van der Waals surface area contributed by atoms with Gasteiger partial charge in [0.1, 0.15) is 11.0 Å². The summed E-state index contributed by atoms with van der Waals surface area (Å²) in [6.07, 6.45) is 6.68. The van der Waals surface area contributed by atoms with Gasteiger partial charge in [0.15, 0.2) is 11.5 Å². The molecule has 3 N–H and O–H groups in total. The number of aromatic nitrogens is 5. The number of nitrogens with one attached hydrogen (secondary N) is 1. The fourth-order valence-corrected chi connectivity index (χ4v) is 4.78. The molecule has 9 nitrogen and oxygen atoms in total. The molecule has 5 rings (SSSR count). The summed E-state index contributed by atoms with van der Waals surface area (Å²) in [5, 5.41) is 23.7. The van der Waals surface area contributed by atoms with Gasteiger partial charge in [-0.1, -0.05) is 31.2 Å². The third kappa shape index (κ3) is 4.20. The molecule has 186 valence electrons. The highest BCUT2D eigenvalue weighted by Crippen LogP contribution is 2.38. The maximum Gasteiger partial charge on any atom is 0.278 e. The van der Waals surface area contributed by atoms with Crippen LogP contribution in [0.3, 0.4) is 0 Å². The van der Waals surface area contributed by atoms with E-state index in [1.807, 2.05) is 43.3 Å². The minimum atomic E-state index is -0.969. The van der Waals surface area contributed by atoms with Crippen LogP contribution in [0.2, 0.25) is 0 Å². The smallest absolute Gasteiger partial charge is 0.278 e. The van der Waals surface area contributed by atoms with Crippen LogP contribution in [0.15, 0.2) is 60.0 Å². The Bertz CT molecular complexity index is 1470. The van der Waals surface area contributed by atoms with Gasteiger partial charge in [0.05, 0.1) is 12.2 Å². The molecule has 1 aromatic carbocycles. The maximum atomic E-state index is 13.2. The van der Waals surface area contributed by atoms with Gasteiger partial charge < -0.3 is 15.5 Å². The Morgan fingerprint density at radius 2 is 2.00 bits per heavy atom. The fraction of sp³-hybridized carbons (Fsp3) is 0.333. The van der Waals surface area contributed by atoms with E-state index in [9.17, 15) is 9.90 Å². The van der Waals surface area contributed by atoms with E-state index in [2.05, 4.69) is 21.9 Å². The lowest BCUT2D eigenvalue weighted by Crippen LogP contribution is -2.25. The molecule has 0 bridgehead atoms. The van der Waals surface area contributed by atoms with Crippen molar-refractivity contribution in [1.29, 1.82) is 0 Å². The van der Waals surface area contributed by atoms with Crippen LogP contribution in [0, 0.1) is 0 Å². The van der Waals surface area contributed by atoms with E-state index in [-0.39, 0.29) is 18.7 Å². The number of aryl methyl sites for hydroxylation is 2. The Kier molecular flexibility index (Phi) is 6.42. The van der Waals surface area contributed by atoms with Crippen molar-refractivity contribution in [2.45, 2.75) is 51.2 Å². The van der Waals surface area contributed by atoms with Crippen molar-refractivity contribution < 1.29 is 10.2 Å². The molecule has 3 aromatic heterocycles. The van der Waals surface area contributed by atoms with Gasteiger partial charge in [-0.15, -0.1) is 6.58 Å². The van der Waals surface area contributed by atoms with Crippen molar-refractivity contribution in [3.8, 4) is 5.82 Å². The van der Waals surface area contributed by atoms with Crippen LogP contribution in [0.25, 0.3) is 16.9 Å². The van der Waals surface area contributed by atoms with E-state index in [1.165, 1.54) is 10.9 Å². The lowest BCUT2D eigenvalue weighted by molar-refractivity contribution is 0.0306. The Balaban J connectivity index is 1.58. The summed E-state index contributed by atoms with van der Waals surface area (Å²) in [6.45, 7) is 6.18. The number of aliphatic hydroxyl groups is 2. The fourth-order valence-electron chi connectivity index (χ4n) is 4.78. The van der Waals surface area contributed by atoms with Gasteiger partial charge in [0, 0.05) is 18.5 Å². The van der Waals surface area contributed by atoms with Crippen LogP contribution in [-0.2, 0) is 25.0 Å². The van der Waals surface area contributed by atoms with E-state index in [4.69, 9.17) is 10.1 Å². The molecule has 36 heavy (non-hydrogen) atoms. The molecule has 1 aliphatic carbocycles. The normalized spacial score (nSPS) is 16.9. The number of allylic oxidation sites excluding steroid dienone is 1. The maximum absolute atomic E-state index is 13.2. The number of pyridine rings is 1. The van der Waals surface area contributed by atoms with E-state index in [1.54, 1.807) is 10.8 Å². The molecular formula is C27H30N6O3. The predicted molar refractivity (Wildman–Crippen MR) is 139 cm³/mol. The molecule has 0 unspecified atom stereocenters. The van der Waals surface area contributed by atoms with Gasteiger partial charge in [0.2, 0.25) is 5.95 Å². The van der Waals surface area contributed by atoms with Crippen molar-refractivity contribution in [2.75, 3.05) is 11.9 Å². The predicted octanol–water partition coefficient (Wildman–Crippen LogP) is 3.38. The number of rotatable bonds is 9. The summed E-state index contributed by atoms with van der Waals surface area (Å²) in [4.78, 5) is 27.1. The summed E-state index contributed by atoms with van der Waals surface area (Å²) < 4.78 is 3.21. The van der Waals surface area contributed by atoms with Crippen LogP contribution >= 0.6 is 0 Å². The van der Waals surface area contributed by atoms with Gasteiger partial charge in [-0.05, 0) is 61.4 Å². The molecule has 0 saturated heterocycles. The second-order valence-electron chi connectivity index (χ2n) is 9.13. The first-order valence-corrected chi connectivity index (χ1v) is 12.3. The first-order valence-electron chi connectivity index (χ1n) is 12.3. The SMILES string of the molecule is C=CCn1c(=O)c2cnc(Nc3ccc(CCCO)cc3)nc2n1-c1ccc2c(n1)[C@@](O)(CC)CC2. The number of fused-ring (bicyclic) bond motifs is 2. The van der Waals surface area contributed by atoms with E-state index in [0.717, 1.165) is 36.1 Å². The largest absolute Gasteiger partial charge is 0.396 e. The quantitative estimate of drug-likeness (QED) is 0.310. The minimum Gasteiger partial charge on any atom is -0.396 e. The second kappa shape index (κ2) is 9.67.